The van der Waals surface area contributed by atoms with Gasteiger partial charge in [-0.3, -0.25) is 0 Å². The Morgan fingerprint density at radius 3 is 2.64 bits per heavy atom. The maximum absolute atomic E-state index is 13.1. The van der Waals surface area contributed by atoms with E-state index in [9.17, 15) is 8.42 Å². The lowest BCUT2D eigenvalue weighted by atomic mass is 10.1. The third-order valence-corrected chi connectivity index (χ3v) is 9.07. The summed E-state index contributed by atoms with van der Waals surface area (Å²) < 4.78 is 50.8. The molecule has 42 heavy (non-hydrogen) atoms. The van der Waals surface area contributed by atoms with E-state index in [1.54, 1.807) is 25.3 Å². The van der Waals surface area contributed by atoms with Crippen molar-refractivity contribution < 1.29 is 27.4 Å². The van der Waals surface area contributed by atoms with Crippen LogP contribution in [-0.2, 0) is 19.5 Å². The predicted molar refractivity (Wildman–Crippen MR) is 162 cm³/mol. The zero-order valence-electron chi connectivity index (χ0n) is 23.2. The van der Waals surface area contributed by atoms with Gasteiger partial charge in [0.15, 0.2) is 0 Å². The first-order valence-corrected chi connectivity index (χ1v) is 15.9. The first kappa shape index (κ1) is 28.5. The molecule has 7 rings (SSSR count). The van der Waals surface area contributed by atoms with Crippen molar-refractivity contribution in [2.75, 3.05) is 68.7 Å². The van der Waals surface area contributed by atoms with Gasteiger partial charge < -0.3 is 29.2 Å². The molecule has 3 aliphatic heterocycles. The molecule has 0 aliphatic carbocycles. The Balaban J connectivity index is 1.43. The Labute approximate surface area is 249 Å². The van der Waals surface area contributed by atoms with Gasteiger partial charge in [-0.05, 0) is 31.2 Å². The molecule has 0 unspecified atom stereocenters. The predicted octanol–water partition coefficient (Wildman–Crippen LogP) is 4.71. The highest BCUT2D eigenvalue weighted by molar-refractivity contribution is 7.90. The smallest absolute Gasteiger partial charge is 0.238 e. The highest BCUT2D eigenvalue weighted by atomic mass is 35.5. The molecule has 0 amide bonds. The molecule has 2 aromatic heterocycles. The van der Waals surface area contributed by atoms with Gasteiger partial charge in [-0.1, -0.05) is 11.6 Å². The van der Waals surface area contributed by atoms with E-state index < -0.39 is 10.0 Å². The molecule has 0 atom stereocenters. The molecule has 8 bridgehead atoms. The standard InChI is InChI=1S/C29H32ClN5O6S/c1-2-42(36,37)35-19-23-22-6-5-21(17-26(22)35)40-15-14-38-10-3-11-41-27-16-20(32-29-31-18-24(30)28(23)33-29)4-7-25(27)34-8-12-39-13-9-34/h4-7,16-19H,2-3,8-15H2,1H3,(H,31,32,33). The minimum atomic E-state index is -3.64. The first-order valence-electron chi connectivity index (χ1n) is 13.9. The monoisotopic (exact) mass is 613 g/mol. The Morgan fingerprint density at radius 1 is 0.976 bits per heavy atom. The third kappa shape index (κ3) is 5.98. The van der Waals surface area contributed by atoms with Crippen LogP contribution in [0.2, 0.25) is 5.02 Å². The number of halogens is 1. The van der Waals surface area contributed by atoms with Gasteiger partial charge in [0.25, 0.3) is 0 Å². The maximum atomic E-state index is 13.1. The van der Waals surface area contributed by atoms with E-state index in [4.69, 9.17) is 35.5 Å². The highest BCUT2D eigenvalue weighted by Crippen LogP contribution is 2.37. The summed E-state index contributed by atoms with van der Waals surface area (Å²) in [6.45, 7) is 6.16. The Kier molecular flexibility index (Phi) is 8.38. The van der Waals surface area contributed by atoms with E-state index in [0.29, 0.717) is 84.9 Å². The molecule has 2 aromatic carbocycles. The SMILES string of the molecule is CCS(=O)(=O)n1cc2c3ccc(cc31)OCCOCCCOc1cc(ccc1N1CCOCC1)Nc1ncc(Cl)c-2n1. The Hall–Kier alpha value is -3.58. The van der Waals surface area contributed by atoms with Gasteiger partial charge in [0.1, 0.15) is 18.1 Å². The molecule has 13 heteroatoms. The van der Waals surface area contributed by atoms with Crippen LogP contribution in [0.1, 0.15) is 13.3 Å². The van der Waals surface area contributed by atoms with Crippen LogP contribution >= 0.6 is 11.6 Å². The second-order valence-electron chi connectivity index (χ2n) is 9.88. The molecule has 11 nitrogen and oxygen atoms in total. The fraction of sp³-hybridized carbons (Fsp3) is 0.379. The van der Waals surface area contributed by atoms with Crippen molar-refractivity contribution >= 4 is 49.9 Å². The molecule has 0 spiro atoms. The quantitative estimate of drug-likeness (QED) is 0.348. The Bertz CT molecular complexity index is 1690. The van der Waals surface area contributed by atoms with Crippen LogP contribution in [-0.4, -0.2) is 80.8 Å². The van der Waals surface area contributed by atoms with Crippen LogP contribution in [0.3, 0.4) is 0 Å². The molecule has 0 radical (unpaired) electrons. The molecule has 5 heterocycles. The number of hydrogen-bond donors (Lipinski definition) is 1. The van der Waals surface area contributed by atoms with Crippen molar-refractivity contribution in [3.8, 4) is 22.8 Å². The fourth-order valence-electron chi connectivity index (χ4n) is 5.01. The van der Waals surface area contributed by atoms with Crippen molar-refractivity contribution in [1.29, 1.82) is 0 Å². The van der Waals surface area contributed by atoms with Gasteiger partial charge in [-0.25, -0.2) is 22.4 Å². The second kappa shape index (κ2) is 12.3. The molecule has 4 aromatic rings. The van der Waals surface area contributed by atoms with Crippen LogP contribution in [0.5, 0.6) is 11.5 Å². The van der Waals surface area contributed by atoms with Gasteiger partial charge in [0, 0.05) is 61.1 Å². The number of hydrogen-bond acceptors (Lipinski definition) is 10. The molecule has 1 N–H and O–H groups in total. The van der Waals surface area contributed by atoms with E-state index in [2.05, 4.69) is 15.2 Å². The summed E-state index contributed by atoms with van der Waals surface area (Å²) in [4.78, 5) is 11.4. The number of aromatic nitrogens is 3. The molecule has 1 saturated heterocycles. The average Bonchev–Trinajstić information content (AvgIpc) is 3.39. The van der Waals surface area contributed by atoms with Crippen LogP contribution in [0, 0.1) is 0 Å². The van der Waals surface area contributed by atoms with Crippen LogP contribution < -0.4 is 19.7 Å². The summed E-state index contributed by atoms with van der Waals surface area (Å²) in [5, 5.41) is 4.22. The largest absolute Gasteiger partial charge is 0.491 e. The van der Waals surface area contributed by atoms with Gasteiger partial charge in [0.2, 0.25) is 16.0 Å². The van der Waals surface area contributed by atoms with Crippen molar-refractivity contribution in [2.24, 2.45) is 0 Å². The number of fused-ring (bicyclic) bond motifs is 8. The maximum Gasteiger partial charge on any atom is 0.238 e. The summed E-state index contributed by atoms with van der Waals surface area (Å²) in [6.07, 6.45) is 3.76. The summed E-state index contributed by atoms with van der Waals surface area (Å²) in [7, 11) is -3.64. The molecule has 3 aliphatic rings. The summed E-state index contributed by atoms with van der Waals surface area (Å²) in [5.41, 5.74) is 3.17. The van der Waals surface area contributed by atoms with E-state index >= 15 is 0 Å². The van der Waals surface area contributed by atoms with Crippen molar-refractivity contribution in [3.05, 3.63) is 53.8 Å². The number of anilines is 3. The van der Waals surface area contributed by atoms with Gasteiger partial charge in [-0.15, -0.1) is 0 Å². The number of ether oxygens (including phenoxy) is 4. The van der Waals surface area contributed by atoms with Crippen LogP contribution in [0.15, 0.2) is 48.8 Å². The molecule has 1 fully saturated rings. The van der Waals surface area contributed by atoms with Crippen LogP contribution in [0.4, 0.5) is 17.3 Å². The van der Waals surface area contributed by atoms with E-state index in [1.807, 2.05) is 24.3 Å². The summed E-state index contributed by atoms with van der Waals surface area (Å²) in [5.74, 6) is 1.49. The second-order valence-corrected chi connectivity index (χ2v) is 12.4. The van der Waals surface area contributed by atoms with E-state index in [0.717, 1.165) is 30.2 Å². The van der Waals surface area contributed by atoms with Gasteiger partial charge in [0.05, 0.1) is 60.3 Å². The van der Waals surface area contributed by atoms with E-state index in [1.165, 1.54) is 10.2 Å². The topological polar surface area (TPSA) is 117 Å². The van der Waals surface area contributed by atoms with Crippen molar-refractivity contribution in [1.82, 2.24) is 13.9 Å². The van der Waals surface area contributed by atoms with Crippen molar-refractivity contribution in [2.45, 2.75) is 13.3 Å². The lowest BCUT2D eigenvalue weighted by Crippen LogP contribution is -2.36. The molecular weight excluding hydrogens is 582 g/mol. The minimum absolute atomic E-state index is 0.0791. The van der Waals surface area contributed by atoms with Gasteiger partial charge >= 0.3 is 0 Å². The number of benzene rings is 2. The van der Waals surface area contributed by atoms with Gasteiger partial charge in [-0.2, -0.15) is 0 Å². The normalized spacial score (nSPS) is 16.6. The Morgan fingerprint density at radius 2 is 1.81 bits per heavy atom. The molecular formula is C29H32ClN5O6S. The zero-order chi connectivity index (χ0) is 29.1. The number of nitrogens with one attached hydrogen (secondary N) is 1. The third-order valence-electron chi connectivity index (χ3n) is 7.16. The van der Waals surface area contributed by atoms with E-state index in [-0.39, 0.29) is 5.75 Å². The summed E-state index contributed by atoms with van der Waals surface area (Å²) in [6, 6.07) is 11.2. The number of rotatable bonds is 3. The first-order chi connectivity index (χ1) is 20.4. The lowest BCUT2D eigenvalue weighted by Gasteiger charge is -2.30. The number of nitrogens with zero attached hydrogens (tertiary/aromatic N) is 4. The highest BCUT2D eigenvalue weighted by Gasteiger charge is 2.22. The zero-order valence-corrected chi connectivity index (χ0v) is 24.8. The molecule has 222 valence electrons. The summed E-state index contributed by atoms with van der Waals surface area (Å²) >= 11 is 6.60. The number of morpholine rings is 1. The van der Waals surface area contributed by atoms with Crippen molar-refractivity contribution in [3.63, 3.8) is 0 Å². The minimum Gasteiger partial charge on any atom is -0.491 e. The fourth-order valence-corrected chi connectivity index (χ4v) is 6.20. The lowest BCUT2D eigenvalue weighted by molar-refractivity contribution is 0.0904. The van der Waals surface area contributed by atoms with Crippen LogP contribution in [0.25, 0.3) is 22.2 Å². The molecule has 0 saturated carbocycles. The average molecular weight is 614 g/mol.